The molecule has 0 bridgehead atoms. The van der Waals surface area contributed by atoms with Crippen molar-refractivity contribution in [1.29, 1.82) is 5.26 Å². The fourth-order valence-corrected chi connectivity index (χ4v) is 3.50. The highest BCUT2D eigenvalue weighted by Crippen LogP contribution is 2.35. The summed E-state index contributed by atoms with van der Waals surface area (Å²) < 4.78 is 1.35. The van der Waals surface area contributed by atoms with E-state index in [0.29, 0.717) is 34.0 Å². The van der Waals surface area contributed by atoms with Crippen LogP contribution in [0.3, 0.4) is 0 Å². The zero-order valence-electron chi connectivity index (χ0n) is 19.6. The van der Waals surface area contributed by atoms with Crippen molar-refractivity contribution in [2.45, 2.75) is 6.92 Å². The number of fused-ring (bicyclic) bond motifs is 1. The molecule has 3 N–H and O–H groups in total. The number of H-pyrrole nitrogens is 2. The molecule has 0 atom stereocenters. The van der Waals surface area contributed by atoms with Crippen molar-refractivity contribution < 1.29 is 0 Å². The Bertz CT molecular complexity index is 1690. The average Bonchev–Trinajstić information content (AvgIpc) is 3.45. The van der Waals surface area contributed by atoms with Gasteiger partial charge in [0.1, 0.15) is 23.1 Å². The largest absolute Gasteiger partial charge is 0.363 e. The van der Waals surface area contributed by atoms with Crippen LogP contribution >= 0.6 is 0 Å². The van der Waals surface area contributed by atoms with Crippen molar-refractivity contribution in [3.05, 3.63) is 70.5 Å². The second-order valence-corrected chi connectivity index (χ2v) is 8.01. The van der Waals surface area contributed by atoms with E-state index in [-0.39, 0.29) is 23.0 Å². The number of aromatic amines is 2. The molecule has 13 nitrogen and oxygen atoms in total. The van der Waals surface area contributed by atoms with Crippen molar-refractivity contribution in [1.82, 2.24) is 34.7 Å². The molecule has 0 aliphatic carbocycles. The zero-order chi connectivity index (χ0) is 25.2. The highest BCUT2D eigenvalue weighted by molar-refractivity contribution is 5.82. The molecule has 1 aromatic carbocycles. The molecule has 0 saturated heterocycles. The van der Waals surface area contributed by atoms with E-state index in [0.717, 1.165) is 5.56 Å². The lowest BCUT2D eigenvalue weighted by atomic mass is 10.2. The summed E-state index contributed by atoms with van der Waals surface area (Å²) in [5, 5.41) is 25.8. The smallest absolute Gasteiger partial charge is 0.323 e. The molecule has 0 amide bonds. The third-order valence-electron chi connectivity index (χ3n) is 5.26. The summed E-state index contributed by atoms with van der Waals surface area (Å²) in [4.78, 5) is 32.1. The average molecular weight is 480 g/mol. The van der Waals surface area contributed by atoms with E-state index < -0.39 is 0 Å². The van der Waals surface area contributed by atoms with Gasteiger partial charge in [-0.25, -0.2) is 19.7 Å². The van der Waals surface area contributed by atoms with Gasteiger partial charge in [0.2, 0.25) is 0 Å². The van der Waals surface area contributed by atoms with Gasteiger partial charge in [-0.3, -0.25) is 0 Å². The number of aromatic nitrogens is 7. The quantitative estimate of drug-likeness (QED) is 0.309. The number of aryl methyl sites for hydroxylation is 1. The lowest BCUT2D eigenvalue weighted by Gasteiger charge is -2.16. The fraction of sp³-hybridized carbons (Fsp3) is 0.130. The summed E-state index contributed by atoms with van der Waals surface area (Å²) in [6, 6.07) is 11.0. The topological polar surface area (TPSA) is 169 Å². The van der Waals surface area contributed by atoms with E-state index in [1.807, 2.05) is 38.1 Å². The first-order valence-corrected chi connectivity index (χ1v) is 10.8. The number of hydrogen-bond donors (Lipinski definition) is 3. The van der Waals surface area contributed by atoms with E-state index >= 15 is 0 Å². The Balaban J connectivity index is 1.59. The number of rotatable bonds is 6. The van der Waals surface area contributed by atoms with Crippen LogP contribution in [0.2, 0.25) is 0 Å². The van der Waals surface area contributed by atoms with E-state index in [9.17, 15) is 10.1 Å². The summed E-state index contributed by atoms with van der Waals surface area (Å²) >= 11 is 0. The Hall–Kier alpha value is -5.38. The van der Waals surface area contributed by atoms with Gasteiger partial charge in [-0.2, -0.15) is 15.0 Å². The van der Waals surface area contributed by atoms with Crippen LogP contribution in [0.15, 0.2) is 63.9 Å². The van der Waals surface area contributed by atoms with Gasteiger partial charge < -0.3 is 20.2 Å². The Labute approximate surface area is 204 Å². The van der Waals surface area contributed by atoms with Gasteiger partial charge in [0, 0.05) is 32.2 Å². The van der Waals surface area contributed by atoms with Crippen LogP contribution < -0.4 is 15.9 Å². The lowest BCUT2D eigenvalue weighted by molar-refractivity contribution is 0.803. The highest BCUT2D eigenvalue weighted by atomic mass is 16.1. The molecule has 0 unspecified atom stereocenters. The minimum absolute atomic E-state index is 0.192. The minimum atomic E-state index is -0.285. The molecule has 5 aromatic rings. The first-order valence-electron chi connectivity index (χ1n) is 10.8. The van der Waals surface area contributed by atoms with Crippen LogP contribution in [-0.2, 0) is 0 Å². The monoisotopic (exact) mass is 480 g/mol. The van der Waals surface area contributed by atoms with Gasteiger partial charge >= 0.3 is 5.69 Å². The van der Waals surface area contributed by atoms with E-state index in [1.54, 1.807) is 30.6 Å². The van der Waals surface area contributed by atoms with Gasteiger partial charge in [0.25, 0.3) is 5.95 Å². The molecule has 0 radical (unpaired) electrons. The number of benzene rings is 1. The third kappa shape index (κ3) is 4.26. The molecule has 0 saturated carbocycles. The number of imidazole rings is 1. The minimum Gasteiger partial charge on any atom is -0.363 e. The summed E-state index contributed by atoms with van der Waals surface area (Å²) in [6.45, 7) is 1.89. The molecule has 36 heavy (non-hydrogen) atoms. The van der Waals surface area contributed by atoms with Gasteiger partial charge in [-0.05, 0) is 42.8 Å². The Morgan fingerprint density at radius 3 is 2.64 bits per heavy atom. The standard InChI is InChI=1S/C23H20N12O/c1-13-9-18(34(2)3)31-20(28-15-5-6-16-17(10-15)30-23(36)29-16)19(13)32-33-21-14(11-24)12-27-35(21)22-25-7-4-8-26-22/h4-10,12H,1-3H3,(H,28,31)(H2,29,30,36)/b33-32+. The molecule has 5 rings (SSSR count). The van der Waals surface area contributed by atoms with Crippen LogP contribution in [0.25, 0.3) is 17.0 Å². The molecule has 4 heterocycles. The predicted octanol–water partition coefficient (Wildman–Crippen LogP) is 3.63. The molecule has 4 aromatic heterocycles. The maximum Gasteiger partial charge on any atom is 0.323 e. The van der Waals surface area contributed by atoms with E-state index in [1.165, 1.54) is 10.9 Å². The molecule has 0 fully saturated rings. The van der Waals surface area contributed by atoms with Gasteiger partial charge in [0.15, 0.2) is 11.6 Å². The first kappa shape index (κ1) is 22.4. The number of pyridine rings is 1. The molecule has 0 aliphatic rings. The second-order valence-electron chi connectivity index (χ2n) is 8.01. The Morgan fingerprint density at radius 1 is 1.11 bits per heavy atom. The van der Waals surface area contributed by atoms with Crippen molar-refractivity contribution in [3.63, 3.8) is 0 Å². The van der Waals surface area contributed by atoms with Gasteiger partial charge in [-0.1, -0.05) is 0 Å². The maximum absolute atomic E-state index is 11.6. The van der Waals surface area contributed by atoms with Crippen molar-refractivity contribution in [2.75, 3.05) is 24.3 Å². The number of anilines is 3. The highest BCUT2D eigenvalue weighted by Gasteiger charge is 2.16. The lowest BCUT2D eigenvalue weighted by Crippen LogP contribution is -2.12. The summed E-state index contributed by atoms with van der Waals surface area (Å²) in [5.41, 5.74) is 3.24. The maximum atomic E-state index is 11.6. The fourth-order valence-electron chi connectivity index (χ4n) is 3.50. The molecule has 0 spiro atoms. The first-order chi connectivity index (χ1) is 17.4. The third-order valence-corrected chi connectivity index (χ3v) is 5.26. The van der Waals surface area contributed by atoms with Gasteiger partial charge in [-0.15, -0.1) is 10.2 Å². The summed E-state index contributed by atoms with van der Waals surface area (Å²) in [7, 11) is 3.78. The van der Waals surface area contributed by atoms with Crippen LogP contribution in [0.1, 0.15) is 11.1 Å². The molecule has 0 aliphatic heterocycles. The number of nitrogens with one attached hydrogen (secondary N) is 3. The van der Waals surface area contributed by atoms with Crippen LogP contribution in [-0.4, -0.2) is 48.8 Å². The molecule has 13 heteroatoms. The summed E-state index contributed by atoms with van der Waals surface area (Å²) in [5.74, 6) is 1.61. The number of nitrogens with zero attached hydrogens (tertiary/aromatic N) is 9. The predicted molar refractivity (Wildman–Crippen MR) is 134 cm³/mol. The molecule has 178 valence electrons. The van der Waals surface area contributed by atoms with Crippen molar-refractivity contribution in [3.8, 4) is 12.0 Å². The molecular weight excluding hydrogens is 460 g/mol. The number of hydrogen-bond acceptors (Lipinski definition) is 10. The van der Waals surface area contributed by atoms with Crippen molar-refractivity contribution in [2.24, 2.45) is 10.2 Å². The zero-order valence-corrected chi connectivity index (χ0v) is 19.6. The molecular formula is C23H20N12O. The summed E-state index contributed by atoms with van der Waals surface area (Å²) in [6.07, 6.45) is 4.53. The van der Waals surface area contributed by atoms with Crippen LogP contribution in [0.4, 0.5) is 28.8 Å². The second kappa shape index (κ2) is 9.11. The van der Waals surface area contributed by atoms with E-state index in [4.69, 9.17) is 4.98 Å². The van der Waals surface area contributed by atoms with Gasteiger partial charge in [0.05, 0.1) is 17.2 Å². The Kier molecular flexibility index (Phi) is 5.67. The van der Waals surface area contributed by atoms with Crippen LogP contribution in [0.5, 0.6) is 0 Å². The number of nitriles is 1. The normalized spacial score (nSPS) is 11.2. The van der Waals surface area contributed by atoms with Crippen molar-refractivity contribution >= 4 is 39.9 Å². The van der Waals surface area contributed by atoms with Crippen LogP contribution in [0, 0.1) is 18.3 Å². The SMILES string of the molecule is Cc1cc(N(C)C)nc(Nc2ccc3[nH]c(=O)[nH]c3c2)c1/N=N/c1c(C#N)cnn1-c1ncccn1. The Morgan fingerprint density at radius 2 is 1.89 bits per heavy atom. The van der Waals surface area contributed by atoms with E-state index in [2.05, 4.69) is 46.6 Å². The number of azo groups is 1.